The minimum atomic E-state index is -0.564. The molecule has 94 valence electrons. The summed E-state index contributed by atoms with van der Waals surface area (Å²) < 4.78 is 1.24. The molecular formula is C11H9Cl2N3O2. The van der Waals surface area contributed by atoms with Crippen LogP contribution in [0.25, 0.3) is 0 Å². The first-order valence-electron chi connectivity index (χ1n) is 5.01. The average molecular weight is 286 g/mol. The Hall–Kier alpha value is -1.72. The third-order valence-corrected chi connectivity index (χ3v) is 3.13. The second-order valence-corrected chi connectivity index (χ2v) is 4.51. The van der Waals surface area contributed by atoms with Gasteiger partial charge in [0.05, 0.1) is 16.6 Å². The first kappa shape index (κ1) is 12.7. The number of nitrogen functional groups attached to an aromatic ring is 1. The lowest BCUT2D eigenvalue weighted by atomic mass is 10.2. The molecule has 0 bridgehead atoms. The zero-order valence-electron chi connectivity index (χ0n) is 9.11. The van der Waals surface area contributed by atoms with Crippen LogP contribution in [0, 0.1) is 0 Å². The minimum Gasteiger partial charge on any atom is -0.385 e. The first-order chi connectivity index (χ1) is 8.47. The van der Waals surface area contributed by atoms with Crippen molar-refractivity contribution in [3.8, 4) is 0 Å². The van der Waals surface area contributed by atoms with Crippen LogP contribution in [0.1, 0.15) is 5.56 Å². The van der Waals surface area contributed by atoms with Crippen LogP contribution in [0.3, 0.4) is 0 Å². The van der Waals surface area contributed by atoms with Crippen molar-refractivity contribution in [1.29, 1.82) is 0 Å². The van der Waals surface area contributed by atoms with Crippen LogP contribution in [0.5, 0.6) is 0 Å². The number of H-pyrrole nitrogens is 1. The Morgan fingerprint density at radius 1 is 1.17 bits per heavy atom. The average Bonchev–Trinajstić information content (AvgIpc) is 2.28. The van der Waals surface area contributed by atoms with Gasteiger partial charge in [0.1, 0.15) is 5.82 Å². The molecular weight excluding hydrogens is 277 g/mol. The van der Waals surface area contributed by atoms with Gasteiger partial charge in [-0.15, -0.1) is 0 Å². The number of rotatable bonds is 2. The zero-order chi connectivity index (χ0) is 13.3. The second-order valence-electron chi connectivity index (χ2n) is 3.70. The molecule has 1 aromatic carbocycles. The van der Waals surface area contributed by atoms with E-state index in [0.717, 1.165) is 11.6 Å². The van der Waals surface area contributed by atoms with Gasteiger partial charge >= 0.3 is 5.69 Å². The van der Waals surface area contributed by atoms with Gasteiger partial charge in [0.2, 0.25) is 0 Å². The number of halogens is 2. The van der Waals surface area contributed by atoms with Gasteiger partial charge in [-0.2, -0.15) is 0 Å². The Labute approximate surface area is 112 Å². The Kier molecular flexibility index (Phi) is 3.45. The normalized spacial score (nSPS) is 10.6. The molecule has 1 heterocycles. The fourth-order valence-electron chi connectivity index (χ4n) is 1.52. The van der Waals surface area contributed by atoms with E-state index in [1.54, 1.807) is 18.2 Å². The van der Waals surface area contributed by atoms with Gasteiger partial charge in [0.15, 0.2) is 0 Å². The van der Waals surface area contributed by atoms with E-state index in [9.17, 15) is 9.59 Å². The van der Waals surface area contributed by atoms with Crippen LogP contribution in [-0.4, -0.2) is 9.55 Å². The van der Waals surface area contributed by atoms with E-state index < -0.39 is 11.2 Å². The van der Waals surface area contributed by atoms with E-state index in [4.69, 9.17) is 28.9 Å². The second kappa shape index (κ2) is 4.88. The summed E-state index contributed by atoms with van der Waals surface area (Å²) in [5.41, 5.74) is 5.29. The van der Waals surface area contributed by atoms with Gasteiger partial charge in [-0.05, 0) is 17.7 Å². The number of aromatic amines is 1. The number of benzene rings is 1. The number of nitrogens with one attached hydrogen (secondary N) is 1. The predicted octanol–water partition coefficient (Wildman–Crippen LogP) is 1.47. The lowest BCUT2D eigenvalue weighted by molar-refractivity contribution is 0.733. The third-order valence-electron chi connectivity index (χ3n) is 2.39. The van der Waals surface area contributed by atoms with Crippen molar-refractivity contribution < 1.29 is 0 Å². The predicted molar refractivity (Wildman–Crippen MR) is 71.3 cm³/mol. The summed E-state index contributed by atoms with van der Waals surface area (Å²) in [5.74, 6) is 0.0924. The number of aromatic nitrogens is 2. The SMILES string of the molecule is Nc1cc(=O)[nH]c(=O)n1Cc1ccc(Cl)c(Cl)c1. The highest BCUT2D eigenvalue weighted by molar-refractivity contribution is 6.42. The van der Waals surface area contributed by atoms with E-state index >= 15 is 0 Å². The van der Waals surface area contributed by atoms with Gasteiger partial charge in [-0.3, -0.25) is 14.3 Å². The molecule has 0 saturated carbocycles. The Bertz CT molecular complexity index is 706. The Balaban J connectivity index is 2.43. The Morgan fingerprint density at radius 2 is 1.89 bits per heavy atom. The zero-order valence-corrected chi connectivity index (χ0v) is 10.6. The van der Waals surface area contributed by atoms with Crippen LogP contribution in [0.4, 0.5) is 5.82 Å². The fraction of sp³-hybridized carbons (Fsp3) is 0.0909. The maximum Gasteiger partial charge on any atom is 0.330 e. The molecule has 3 N–H and O–H groups in total. The van der Waals surface area contributed by atoms with Crippen LogP contribution in [-0.2, 0) is 6.54 Å². The molecule has 7 heteroatoms. The summed E-state index contributed by atoms with van der Waals surface area (Å²) >= 11 is 11.7. The first-order valence-corrected chi connectivity index (χ1v) is 5.76. The van der Waals surface area contributed by atoms with E-state index in [1.165, 1.54) is 4.57 Å². The van der Waals surface area contributed by atoms with E-state index in [2.05, 4.69) is 4.98 Å². The lowest BCUT2D eigenvalue weighted by Gasteiger charge is -2.09. The maximum absolute atomic E-state index is 11.6. The molecule has 0 fully saturated rings. The van der Waals surface area contributed by atoms with Gasteiger partial charge in [0.25, 0.3) is 5.56 Å². The largest absolute Gasteiger partial charge is 0.385 e. The molecule has 0 aliphatic carbocycles. The van der Waals surface area contributed by atoms with E-state index in [-0.39, 0.29) is 12.4 Å². The number of nitrogens with zero attached hydrogens (tertiary/aromatic N) is 1. The molecule has 0 radical (unpaired) electrons. The molecule has 1 aromatic heterocycles. The molecule has 0 amide bonds. The van der Waals surface area contributed by atoms with Crippen LogP contribution in [0.2, 0.25) is 10.0 Å². The molecule has 0 spiro atoms. The molecule has 2 rings (SSSR count). The monoisotopic (exact) mass is 285 g/mol. The number of hydrogen-bond acceptors (Lipinski definition) is 3. The molecule has 0 aliphatic rings. The van der Waals surface area contributed by atoms with Crippen molar-refractivity contribution in [2.45, 2.75) is 6.54 Å². The van der Waals surface area contributed by atoms with Crippen molar-refractivity contribution >= 4 is 29.0 Å². The summed E-state index contributed by atoms with van der Waals surface area (Å²) in [6.45, 7) is 0.207. The van der Waals surface area contributed by atoms with E-state index in [1.807, 2.05) is 0 Å². The molecule has 5 nitrogen and oxygen atoms in total. The van der Waals surface area contributed by atoms with Crippen molar-refractivity contribution in [2.75, 3.05) is 5.73 Å². The summed E-state index contributed by atoms with van der Waals surface area (Å²) in [6, 6.07) is 6.15. The van der Waals surface area contributed by atoms with Crippen molar-refractivity contribution in [1.82, 2.24) is 9.55 Å². The van der Waals surface area contributed by atoms with Crippen LogP contribution < -0.4 is 17.0 Å². The lowest BCUT2D eigenvalue weighted by Crippen LogP contribution is -2.31. The maximum atomic E-state index is 11.6. The van der Waals surface area contributed by atoms with Crippen molar-refractivity contribution in [3.63, 3.8) is 0 Å². The number of hydrogen-bond donors (Lipinski definition) is 2. The third kappa shape index (κ3) is 2.57. The molecule has 0 saturated heterocycles. The summed E-state index contributed by atoms with van der Waals surface area (Å²) in [5, 5.41) is 0.826. The summed E-state index contributed by atoms with van der Waals surface area (Å²) in [4.78, 5) is 24.8. The van der Waals surface area contributed by atoms with Gasteiger partial charge in [-0.1, -0.05) is 29.3 Å². The van der Waals surface area contributed by atoms with Gasteiger partial charge < -0.3 is 5.73 Å². The van der Waals surface area contributed by atoms with Crippen molar-refractivity contribution in [3.05, 3.63) is 60.7 Å². The fourth-order valence-corrected chi connectivity index (χ4v) is 1.84. The minimum absolute atomic E-state index is 0.0924. The van der Waals surface area contributed by atoms with Crippen LogP contribution in [0.15, 0.2) is 33.9 Å². The van der Waals surface area contributed by atoms with E-state index in [0.29, 0.717) is 10.0 Å². The quantitative estimate of drug-likeness (QED) is 0.877. The highest BCUT2D eigenvalue weighted by atomic mass is 35.5. The smallest absolute Gasteiger partial charge is 0.330 e. The van der Waals surface area contributed by atoms with Gasteiger partial charge in [0, 0.05) is 6.07 Å². The van der Waals surface area contributed by atoms with Crippen LogP contribution >= 0.6 is 23.2 Å². The standard InChI is InChI=1S/C11H9Cl2N3O2/c12-7-2-1-6(3-8(7)13)5-16-9(14)4-10(17)15-11(16)18/h1-4H,5,14H2,(H,15,17,18). The van der Waals surface area contributed by atoms with Gasteiger partial charge in [-0.25, -0.2) is 4.79 Å². The molecule has 18 heavy (non-hydrogen) atoms. The topological polar surface area (TPSA) is 80.9 Å². The van der Waals surface area contributed by atoms with Crippen molar-refractivity contribution in [2.24, 2.45) is 0 Å². The Morgan fingerprint density at radius 3 is 2.50 bits per heavy atom. The molecule has 0 unspecified atom stereocenters. The number of nitrogens with two attached hydrogens (primary N) is 1. The summed E-state index contributed by atoms with van der Waals surface area (Å²) in [7, 11) is 0. The molecule has 0 aliphatic heterocycles. The molecule has 2 aromatic rings. The highest BCUT2D eigenvalue weighted by Crippen LogP contribution is 2.22. The highest BCUT2D eigenvalue weighted by Gasteiger charge is 2.05. The summed E-state index contributed by atoms with van der Waals surface area (Å²) in [6.07, 6.45) is 0. The molecule has 0 atom stereocenters. The number of anilines is 1.